The maximum absolute atomic E-state index is 13.7. The van der Waals surface area contributed by atoms with Gasteiger partial charge in [-0.05, 0) is 70.6 Å². The van der Waals surface area contributed by atoms with Crippen molar-refractivity contribution >= 4 is 47.0 Å². The summed E-state index contributed by atoms with van der Waals surface area (Å²) in [6, 6.07) is 0. The molecule has 0 saturated carbocycles. The second-order valence-electron chi connectivity index (χ2n) is 25.4. The van der Waals surface area contributed by atoms with E-state index in [2.05, 4.69) is 46.6 Å². The first-order chi connectivity index (χ1) is 47.5. The van der Waals surface area contributed by atoms with Crippen LogP contribution in [0.15, 0.2) is 0 Å². The number of Topliss-reactive ketones (excluding diaryl/α,β-unsaturated/α-hetero) is 2. The summed E-state index contributed by atoms with van der Waals surface area (Å²) in [5, 5.41) is 104. The molecule has 0 aromatic carbocycles. The van der Waals surface area contributed by atoms with E-state index < -0.39 is 97.5 Å². The van der Waals surface area contributed by atoms with Crippen molar-refractivity contribution in [1.29, 1.82) is 0 Å². The summed E-state index contributed by atoms with van der Waals surface area (Å²) in [6.45, 7) is 8.17. The second-order valence-corrected chi connectivity index (χ2v) is 25.4. The Hall–Kier alpha value is -4.68. The van der Waals surface area contributed by atoms with E-state index in [0.29, 0.717) is 77.0 Å². The molecule has 35 nitrogen and oxygen atoms in total. The van der Waals surface area contributed by atoms with Gasteiger partial charge in [-0.2, -0.15) is 0 Å². The highest BCUT2D eigenvalue weighted by Crippen LogP contribution is 2.31. The fraction of sp³-hybridized carbons (Fsp3) is 0.875. The van der Waals surface area contributed by atoms with E-state index in [4.69, 9.17) is 58.4 Å². The van der Waals surface area contributed by atoms with Gasteiger partial charge in [0.15, 0.2) is 18.9 Å². The van der Waals surface area contributed by atoms with Crippen LogP contribution in [0.2, 0.25) is 0 Å². The molecule has 3 heterocycles. The Morgan fingerprint density at radius 2 is 0.616 bits per heavy atom. The van der Waals surface area contributed by atoms with Crippen LogP contribution >= 0.6 is 0 Å². The highest BCUT2D eigenvalue weighted by atomic mass is 17.2. The fourth-order valence-corrected chi connectivity index (χ4v) is 10.7. The molecule has 574 valence electrons. The normalized spacial score (nSPS) is 25.5. The highest BCUT2D eigenvalue weighted by Gasteiger charge is 2.46. The molecule has 0 aromatic rings. The number of carbonyl (C=O) groups is 8. The van der Waals surface area contributed by atoms with Crippen LogP contribution in [0.5, 0.6) is 0 Å². The van der Waals surface area contributed by atoms with Gasteiger partial charge in [-0.1, -0.05) is 27.7 Å². The number of nitrogens with one attached hydrogen (secondary N) is 6. The molecule has 99 heavy (non-hydrogen) atoms. The van der Waals surface area contributed by atoms with Crippen molar-refractivity contribution in [1.82, 2.24) is 31.9 Å². The van der Waals surface area contributed by atoms with Gasteiger partial charge in [0.25, 0.3) is 0 Å². The molecule has 0 radical (unpaired) electrons. The molecule has 3 rings (SSSR count). The number of unbranched alkanes of at least 4 members (excludes halogenated alkanes) is 3. The number of amides is 6. The summed E-state index contributed by atoms with van der Waals surface area (Å²) >= 11 is 0. The Balaban J connectivity index is 1.48. The standard InChI is InChI=1S/C64H114N6O29/c1-5-16-44(71)17-12-18-45(72)37-64(38-88-34-22-49(76)68-28-13-25-65-46(73)19-6-9-31-91-58-41(2)52(79)55(82)61(94-58)97-85,39-89-35-23-50(77)69-29-14-26-66-47(74)20-7-10-32-92-59-42(3)53(80)56(83)62(95-59)98-86)40-90-36-24-51(78)70-30-15-27-67-48(75)21-8-11-33-93-60-43(4)54(81)57(84)63(96-60)99-87/h41-43,52-63,79-87H,5-40H2,1-4H3,(H,65,73)(H,66,74)(H,67,75)(H,68,76)(H,69,77)(H,70,78)/t41-,42-,43-,52-,53-,54-,55-,56-,57-,58-,59-,60-,61-,62-,63-/m1/s1. The predicted octanol–water partition coefficient (Wildman–Crippen LogP) is -0.291. The first-order valence-corrected chi connectivity index (χ1v) is 34.7. The van der Waals surface area contributed by atoms with Crippen LogP contribution < -0.4 is 31.9 Å². The number of aliphatic hydroxyl groups is 6. The average Bonchev–Trinajstić information content (AvgIpc) is 0.841. The molecule has 0 unspecified atom stereocenters. The fourth-order valence-electron chi connectivity index (χ4n) is 10.7. The van der Waals surface area contributed by atoms with Crippen molar-refractivity contribution < 1.29 is 142 Å². The smallest absolute Gasteiger partial charge is 0.222 e. The second kappa shape index (κ2) is 51.5. The van der Waals surface area contributed by atoms with E-state index >= 15 is 0 Å². The number of hydrogen-bond acceptors (Lipinski definition) is 29. The topological polar surface area (TPSA) is 502 Å². The maximum atomic E-state index is 13.7. The van der Waals surface area contributed by atoms with Crippen molar-refractivity contribution in [3.63, 3.8) is 0 Å². The van der Waals surface area contributed by atoms with Crippen LogP contribution in [-0.2, 0) is 95.7 Å². The van der Waals surface area contributed by atoms with Crippen LogP contribution in [-0.4, -0.2) is 267 Å². The molecule has 3 aliphatic rings. The Morgan fingerprint density at radius 3 is 0.899 bits per heavy atom. The zero-order valence-corrected chi connectivity index (χ0v) is 57.8. The number of aliphatic hydroxyl groups excluding tert-OH is 6. The number of hydrogen-bond donors (Lipinski definition) is 15. The van der Waals surface area contributed by atoms with Gasteiger partial charge in [-0.25, -0.2) is 30.4 Å². The third-order valence-electron chi connectivity index (χ3n) is 16.8. The van der Waals surface area contributed by atoms with Crippen LogP contribution in [0.1, 0.15) is 163 Å². The van der Waals surface area contributed by atoms with Gasteiger partial charge in [0.2, 0.25) is 54.3 Å². The molecule has 0 bridgehead atoms. The van der Waals surface area contributed by atoms with E-state index in [1.54, 1.807) is 20.8 Å². The average molecular weight is 1430 g/mol. The van der Waals surface area contributed by atoms with Crippen LogP contribution in [0.3, 0.4) is 0 Å². The molecule has 3 aliphatic heterocycles. The molecular formula is C64H114N6O29. The monoisotopic (exact) mass is 1430 g/mol. The van der Waals surface area contributed by atoms with Crippen molar-refractivity contribution in [2.45, 2.75) is 237 Å². The molecule has 0 spiro atoms. The molecule has 15 atom stereocenters. The molecule has 35 heteroatoms. The summed E-state index contributed by atoms with van der Waals surface area (Å²) in [6.07, 6.45) is -9.34. The van der Waals surface area contributed by atoms with Crippen molar-refractivity contribution in [2.75, 3.05) is 98.7 Å². The third-order valence-corrected chi connectivity index (χ3v) is 16.8. The predicted molar refractivity (Wildman–Crippen MR) is 344 cm³/mol. The van der Waals surface area contributed by atoms with Gasteiger partial charge < -0.3 is 105 Å². The lowest BCUT2D eigenvalue weighted by atomic mass is 9.83. The highest BCUT2D eigenvalue weighted by molar-refractivity contribution is 5.82. The van der Waals surface area contributed by atoms with Gasteiger partial charge >= 0.3 is 0 Å². The number of ether oxygens (including phenoxy) is 9. The zero-order valence-electron chi connectivity index (χ0n) is 57.8. The van der Waals surface area contributed by atoms with Gasteiger partial charge in [-0.3, -0.25) is 38.4 Å². The molecular weight excluding hydrogens is 1320 g/mol. The van der Waals surface area contributed by atoms with Gasteiger partial charge in [0.05, 0.1) is 58.0 Å². The molecule has 0 aromatic heterocycles. The first kappa shape index (κ1) is 88.5. The van der Waals surface area contributed by atoms with E-state index in [0.717, 1.165) is 0 Å². The molecule has 0 aliphatic carbocycles. The Kier molecular flexibility index (Phi) is 46.0. The minimum Gasteiger partial charge on any atom is -0.390 e. The largest absolute Gasteiger partial charge is 0.390 e. The molecule has 3 fully saturated rings. The number of ketones is 2. The summed E-state index contributed by atoms with van der Waals surface area (Å²) < 4.78 is 51.2. The Morgan fingerprint density at radius 1 is 0.333 bits per heavy atom. The lowest BCUT2D eigenvalue weighted by Crippen LogP contribution is -2.54. The van der Waals surface area contributed by atoms with E-state index in [1.807, 2.05) is 6.92 Å². The van der Waals surface area contributed by atoms with E-state index in [-0.39, 0.29) is 204 Å². The van der Waals surface area contributed by atoms with Crippen molar-refractivity contribution in [2.24, 2.45) is 23.2 Å². The zero-order chi connectivity index (χ0) is 73.0. The lowest BCUT2D eigenvalue weighted by Gasteiger charge is -2.39. The molecule has 6 amide bonds. The Bertz CT molecular complexity index is 2080. The molecule has 3 saturated heterocycles. The third kappa shape index (κ3) is 35.9. The van der Waals surface area contributed by atoms with Crippen molar-refractivity contribution in [3.05, 3.63) is 0 Å². The van der Waals surface area contributed by atoms with Gasteiger partial charge in [0, 0.05) is 146 Å². The molecule has 15 N–H and O–H groups in total. The summed E-state index contributed by atoms with van der Waals surface area (Å²) in [5.74, 6) is -3.66. The van der Waals surface area contributed by atoms with Crippen LogP contribution in [0.4, 0.5) is 0 Å². The van der Waals surface area contributed by atoms with Crippen LogP contribution in [0, 0.1) is 23.2 Å². The number of carbonyl (C=O) groups excluding carboxylic acids is 8. The lowest BCUT2D eigenvalue weighted by molar-refractivity contribution is -0.423. The summed E-state index contributed by atoms with van der Waals surface area (Å²) in [4.78, 5) is 115. The Labute approximate surface area is 578 Å². The van der Waals surface area contributed by atoms with Crippen LogP contribution in [0.25, 0.3) is 0 Å². The van der Waals surface area contributed by atoms with Gasteiger partial charge in [-0.15, -0.1) is 0 Å². The quantitative estimate of drug-likeness (QED) is 0.0211. The maximum Gasteiger partial charge on any atom is 0.222 e. The first-order valence-electron chi connectivity index (χ1n) is 34.7. The SMILES string of the molecule is CCCC(=O)CCCC(=O)CC(COCCC(=O)NCCCNC(=O)CCCCO[C@@H]1O[C@H](OO)[C@H](O)[C@H](O)[C@H]1C)(COCCC(=O)NCCCNC(=O)CCCCO[C@@H]1O[C@H](OO)[C@H](O)[C@H](O)[C@H]1C)COCCC(=O)NCCCNC(=O)CCCCO[C@@H]1O[C@H](OO)[C@H](O)[C@H](O)[C@H]1C. The van der Waals surface area contributed by atoms with E-state index in [1.165, 1.54) is 0 Å². The van der Waals surface area contributed by atoms with Gasteiger partial charge in [0.1, 0.15) is 29.9 Å². The minimum atomic E-state index is -1.47. The number of rotatable bonds is 56. The van der Waals surface area contributed by atoms with E-state index in [9.17, 15) is 69.0 Å². The van der Waals surface area contributed by atoms with Crippen molar-refractivity contribution in [3.8, 4) is 0 Å². The minimum absolute atomic E-state index is 0.0349. The summed E-state index contributed by atoms with van der Waals surface area (Å²) in [5.41, 5.74) is -1.18. The summed E-state index contributed by atoms with van der Waals surface area (Å²) in [7, 11) is 0.